The van der Waals surface area contributed by atoms with Gasteiger partial charge in [0.15, 0.2) is 0 Å². The number of aliphatic carboxylic acids is 3. The summed E-state index contributed by atoms with van der Waals surface area (Å²) in [5.74, 6) is -5.26. The van der Waals surface area contributed by atoms with Crippen LogP contribution in [-0.4, -0.2) is 58.8 Å². The van der Waals surface area contributed by atoms with Crippen molar-refractivity contribution in [2.24, 2.45) is 17.8 Å². The van der Waals surface area contributed by atoms with Gasteiger partial charge in [-0.3, -0.25) is 9.59 Å². The number of carbonyl (C=O) groups is 3. The van der Waals surface area contributed by atoms with E-state index >= 15 is 0 Å². The Hall–Kier alpha value is -1.89. The molecule has 0 heterocycles. The quantitative estimate of drug-likeness (QED) is 0.0467. The van der Waals surface area contributed by atoms with E-state index in [0.717, 1.165) is 38.5 Å². The second-order valence-corrected chi connectivity index (χ2v) is 13.4. The lowest BCUT2D eigenvalue weighted by Gasteiger charge is -2.43. The molecule has 3 atom stereocenters. The lowest BCUT2D eigenvalue weighted by molar-refractivity contribution is -0.934. The number of allylic oxidation sites excluding steroid dienone is 2. The lowest BCUT2D eigenvalue weighted by atomic mass is 10.0. The Morgan fingerprint density at radius 3 is 1.23 bits per heavy atom. The highest BCUT2D eigenvalue weighted by Gasteiger charge is 2.36. The third-order valence-corrected chi connectivity index (χ3v) is 8.87. The van der Waals surface area contributed by atoms with Crippen LogP contribution in [0.1, 0.15) is 156 Å². The molecule has 0 aromatic heterocycles. The number of unbranched alkanes of at least 4 members (excludes halogenated alkanes) is 18. The van der Waals surface area contributed by atoms with Crippen LogP contribution in [0.15, 0.2) is 12.2 Å². The number of carbonyl (C=O) groups excluding carboxylic acids is 1. The van der Waals surface area contributed by atoms with Gasteiger partial charge in [0, 0.05) is 11.9 Å². The van der Waals surface area contributed by atoms with Crippen molar-refractivity contribution in [3.63, 3.8) is 0 Å². The predicted octanol–water partition coefficient (Wildman–Crippen LogP) is 8.01. The Morgan fingerprint density at radius 2 is 0.884 bits per heavy atom. The molecule has 0 bridgehead atoms. The summed E-state index contributed by atoms with van der Waals surface area (Å²) in [7, 11) is 0. The maximum atomic E-state index is 11.6. The molecule has 0 aliphatic rings. The van der Waals surface area contributed by atoms with Gasteiger partial charge in [-0.2, -0.15) is 0 Å². The maximum absolute atomic E-state index is 11.6. The van der Waals surface area contributed by atoms with Crippen molar-refractivity contribution in [2.45, 2.75) is 156 Å². The van der Waals surface area contributed by atoms with Crippen LogP contribution < -0.4 is 5.11 Å². The summed E-state index contributed by atoms with van der Waals surface area (Å²) in [5.41, 5.74) is 0. The highest BCUT2D eigenvalue weighted by Crippen LogP contribution is 2.22. The van der Waals surface area contributed by atoms with Gasteiger partial charge in [0.25, 0.3) is 0 Å². The van der Waals surface area contributed by atoms with Gasteiger partial charge in [0.1, 0.15) is 11.8 Å². The monoisotopic (exact) mass is 609 g/mol. The first-order chi connectivity index (χ1) is 20.5. The van der Waals surface area contributed by atoms with Crippen LogP contribution >= 0.6 is 0 Å². The number of hydrogen-bond donors (Lipinski definition) is 2. The van der Waals surface area contributed by atoms with Gasteiger partial charge in [-0.05, 0) is 52.4 Å². The highest BCUT2D eigenvalue weighted by molar-refractivity contribution is 5.70. The molecule has 0 radical (unpaired) electrons. The lowest BCUT2D eigenvalue weighted by Crippen LogP contribution is -2.58. The summed E-state index contributed by atoms with van der Waals surface area (Å²) in [6, 6.07) is 0. The molecule has 0 aromatic carbocycles. The summed E-state index contributed by atoms with van der Waals surface area (Å²) in [5, 5.41) is 30.6. The fourth-order valence-electron chi connectivity index (χ4n) is 6.23. The van der Waals surface area contributed by atoms with Gasteiger partial charge in [-0.15, -0.1) is 0 Å². The molecule has 0 fully saturated rings. The fourth-order valence-corrected chi connectivity index (χ4v) is 6.23. The van der Waals surface area contributed by atoms with Crippen molar-refractivity contribution in [1.82, 2.24) is 0 Å². The van der Waals surface area contributed by atoms with Gasteiger partial charge < -0.3 is 24.6 Å². The van der Waals surface area contributed by atoms with Gasteiger partial charge in [-0.25, -0.2) is 0 Å². The largest absolute Gasteiger partial charge is 0.550 e. The Kier molecular flexibility index (Phi) is 25.3. The molecule has 2 N–H and O–H groups in total. The maximum Gasteiger partial charge on any atom is 0.311 e. The molecule has 0 amide bonds. The van der Waals surface area contributed by atoms with Gasteiger partial charge in [-0.1, -0.05) is 116 Å². The van der Waals surface area contributed by atoms with Gasteiger partial charge >= 0.3 is 11.9 Å². The molecule has 0 saturated heterocycles. The van der Waals surface area contributed by atoms with E-state index in [0.29, 0.717) is 6.54 Å². The molecule has 7 nitrogen and oxygen atoms in total. The summed E-state index contributed by atoms with van der Waals surface area (Å²) in [6.45, 7) is 8.23. The molecule has 0 aromatic rings. The Balaban J connectivity index is 4.19. The van der Waals surface area contributed by atoms with E-state index in [-0.39, 0.29) is 24.1 Å². The Labute approximate surface area is 264 Å². The standard InChI is InChI=1S/C36H67NO6/c1-5-6-7-8-9-10-11-12-13-14-15-16-17-18-19-20-21-22-23-24-25-26-27-37(28-31(2)34(38)39,29-32(3)35(40)41)30-33(4)36(42)43/h20-21,31-33H,5-19,22-30H2,1-4H3,(H2-,38,39,40,41,42,43)/b21-20+. The average Bonchev–Trinajstić information content (AvgIpc) is 2.95. The van der Waals surface area contributed by atoms with E-state index < -0.39 is 35.7 Å². The minimum absolute atomic E-state index is 0.176. The summed E-state index contributed by atoms with van der Waals surface area (Å²) >= 11 is 0. The molecule has 7 heteroatoms. The molecule has 0 rings (SSSR count). The number of nitrogens with zero attached hydrogens (tertiary/aromatic N) is 1. The van der Waals surface area contributed by atoms with Gasteiger partial charge in [0.05, 0.1) is 26.2 Å². The Bertz CT molecular complexity index is 697. The number of rotatable bonds is 31. The number of hydrogen-bond acceptors (Lipinski definition) is 4. The third-order valence-electron chi connectivity index (χ3n) is 8.87. The highest BCUT2D eigenvalue weighted by atomic mass is 16.4. The predicted molar refractivity (Wildman–Crippen MR) is 175 cm³/mol. The molecule has 252 valence electrons. The number of quaternary nitrogens is 1. The zero-order valence-electron chi connectivity index (χ0n) is 28.3. The molecular formula is C36H67NO6. The average molecular weight is 610 g/mol. The van der Waals surface area contributed by atoms with Crippen LogP contribution in [0.3, 0.4) is 0 Å². The molecule has 43 heavy (non-hydrogen) atoms. The SMILES string of the molecule is CCCCCCCCCCCCCCCC/C=C/CCCCCC[N+](CC(C)C(=O)[O-])(CC(C)C(=O)O)CC(C)C(=O)O. The molecule has 0 aliphatic heterocycles. The summed E-state index contributed by atoms with van der Waals surface area (Å²) in [4.78, 5) is 34.8. The smallest absolute Gasteiger partial charge is 0.311 e. The first kappa shape index (κ1) is 41.1. The zero-order valence-corrected chi connectivity index (χ0v) is 28.3. The molecule has 0 aliphatic carbocycles. The van der Waals surface area contributed by atoms with Crippen molar-refractivity contribution in [3.05, 3.63) is 12.2 Å². The van der Waals surface area contributed by atoms with Crippen molar-refractivity contribution in [1.29, 1.82) is 0 Å². The number of carboxylic acids is 3. The zero-order chi connectivity index (χ0) is 32.3. The molecule has 0 saturated carbocycles. The third kappa shape index (κ3) is 23.2. The molecular weight excluding hydrogens is 542 g/mol. The van der Waals surface area contributed by atoms with Crippen LogP contribution in [0.2, 0.25) is 0 Å². The summed E-state index contributed by atoms with van der Waals surface area (Å²) < 4.78 is 0.176. The normalized spacial score (nSPS) is 15.3. The van der Waals surface area contributed by atoms with Crippen molar-refractivity contribution >= 4 is 17.9 Å². The van der Waals surface area contributed by atoms with Crippen LogP contribution in [0.5, 0.6) is 0 Å². The Morgan fingerprint density at radius 1 is 0.558 bits per heavy atom. The van der Waals surface area contributed by atoms with E-state index in [1.807, 2.05) is 0 Å². The van der Waals surface area contributed by atoms with Crippen LogP contribution in [0, 0.1) is 17.8 Å². The topological polar surface area (TPSA) is 115 Å². The van der Waals surface area contributed by atoms with E-state index in [4.69, 9.17) is 0 Å². The fraction of sp³-hybridized carbons (Fsp3) is 0.861. The second kappa shape index (κ2) is 26.5. The first-order valence-corrected chi connectivity index (χ1v) is 17.7. The van der Waals surface area contributed by atoms with E-state index in [9.17, 15) is 29.7 Å². The second-order valence-electron chi connectivity index (χ2n) is 13.4. The molecule has 3 unspecified atom stereocenters. The van der Waals surface area contributed by atoms with Crippen LogP contribution in [-0.2, 0) is 14.4 Å². The van der Waals surface area contributed by atoms with E-state index in [2.05, 4.69) is 19.1 Å². The van der Waals surface area contributed by atoms with Crippen molar-refractivity contribution in [3.8, 4) is 0 Å². The summed E-state index contributed by atoms with van der Waals surface area (Å²) in [6.07, 6.45) is 30.0. The van der Waals surface area contributed by atoms with Crippen molar-refractivity contribution in [2.75, 3.05) is 26.2 Å². The van der Waals surface area contributed by atoms with Crippen LogP contribution in [0.25, 0.3) is 0 Å². The van der Waals surface area contributed by atoms with Crippen molar-refractivity contribution < 1.29 is 34.2 Å². The van der Waals surface area contributed by atoms with E-state index in [1.54, 1.807) is 20.8 Å². The first-order valence-electron chi connectivity index (χ1n) is 17.7. The van der Waals surface area contributed by atoms with Gasteiger partial charge in [0.2, 0.25) is 0 Å². The number of carboxylic acid groups (broad SMARTS) is 3. The minimum atomic E-state index is -1.19. The van der Waals surface area contributed by atoms with Crippen LogP contribution in [0.4, 0.5) is 0 Å². The molecule has 0 spiro atoms. The minimum Gasteiger partial charge on any atom is -0.550 e. The van der Waals surface area contributed by atoms with E-state index in [1.165, 1.54) is 89.9 Å².